The van der Waals surface area contributed by atoms with E-state index < -0.39 is 4.92 Å². The molecule has 18 heavy (non-hydrogen) atoms. The summed E-state index contributed by atoms with van der Waals surface area (Å²) in [5.41, 5.74) is 0.0376. The lowest BCUT2D eigenvalue weighted by Gasteiger charge is -2.25. The van der Waals surface area contributed by atoms with Crippen LogP contribution in [-0.2, 0) is 4.79 Å². The van der Waals surface area contributed by atoms with E-state index in [1.54, 1.807) is 0 Å². The number of anilines is 1. The molecule has 7 nitrogen and oxygen atoms in total. The summed E-state index contributed by atoms with van der Waals surface area (Å²) < 4.78 is 0. The third kappa shape index (κ3) is 2.28. The standard InChI is InChI=1S/C11H10N4O3/c12-4-7-1-2-9(10(3-7)15(17)18)14-11(16)8-5-13-6-8/h1-3,8,13H,5-6H2,(H,14,16). The highest BCUT2D eigenvalue weighted by Gasteiger charge is 2.26. The number of benzene rings is 1. The van der Waals surface area contributed by atoms with Crippen LogP contribution in [0.3, 0.4) is 0 Å². The molecule has 1 aromatic carbocycles. The number of amides is 1. The molecule has 0 saturated carbocycles. The maximum Gasteiger partial charge on any atom is 0.294 e. The molecule has 0 bridgehead atoms. The van der Waals surface area contributed by atoms with Crippen LogP contribution in [0.4, 0.5) is 11.4 Å². The summed E-state index contributed by atoms with van der Waals surface area (Å²) in [6, 6.07) is 5.78. The van der Waals surface area contributed by atoms with Crippen molar-refractivity contribution in [1.29, 1.82) is 5.26 Å². The van der Waals surface area contributed by atoms with Crippen molar-refractivity contribution in [2.75, 3.05) is 18.4 Å². The first-order valence-electron chi connectivity index (χ1n) is 5.32. The molecule has 1 fully saturated rings. The van der Waals surface area contributed by atoms with Gasteiger partial charge in [0.25, 0.3) is 5.69 Å². The Labute approximate surface area is 103 Å². The van der Waals surface area contributed by atoms with Crippen molar-refractivity contribution in [2.24, 2.45) is 5.92 Å². The van der Waals surface area contributed by atoms with Crippen molar-refractivity contribution in [3.05, 3.63) is 33.9 Å². The second-order valence-electron chi connectivity index (χ2n) is 3.95. The Morgan fingerprint density at radius 3 is 2.78 bits per heavy atom. The van der Waals surface area contributed by atoms with E-state index in [1.165, 1.54) is 12.1 Å². The molecule has 2 N–H and O–H groups in total. The monoisotopic (exact) mass is 246 g/mol. The van der Waals surface area contributed by atoms with Gasteiger partial charge in [0.05, 0.1) is 22.5 Å². The van der Waals surface area contributed by atoms with Crippen molar-refractivity contribution in [3.63, 3.8) is 0 Å². The molecule has 1 amide bonds. The van der Waals surface area contributed by atoms with Crippen LogP contribution in [0, 0.1) is 27.4 Å². The fraction of sp³-hybridized carbons (Fsp3) is 0.273. The van der Waals surface area contributed by atoms with Crippen molar-refractivity contribution in [1.82, 2.24) is 5.32 Å². The molecule has 1 aliphatic heterocycles. The van der Waals surface area contributed by atoms with Gasteiger partial charge in [-0.2, -0.15) is 5.26 Å². The molecule has 0 aromatic heterocycles. The summed E-state index contributed by atoms with van der Waals surface area (Å²) in [5, 5.41) is 25.0. The van der Waals surface area contributed by atoms with E-state index in [-0.39, 0.29) is 28.8 Å². The molecule has 2 rings (SSSR count). The lowest BCUT2D eigenvalue weighted by atomic mass is 10.0. The molecular formula is C11H10N4O3. The van der Waals surface area contributed by atoms with E-state index in [0.29, 0.717) is 13.1 Å². The predicted molar refractivity (Wildman–Crippen MR) is 62.8 cm³/mol. The van der Waals surface area contributed by atoms with Crippen molar-refractivity contribution >= 4 is 17.3 Å². The van der Waals surface area contributed by atoms with Gasteiger partial charge in [0.15, 0.2) is 0 Å². The molecule has 1 heterocycles. The van der Waals surface area contributed by atoms with E-state index in [0.717, 1.165) is 6.07 Å². The molecule has 0 radical (unpaired) electrons. The smallest absolute Gasteiger partial charge is 0.294 e. The summed E-state index contributed by atoms with van der Waals surface area (Å²) in [6.45, 7) is 1.16. The molecule has 0 aliphatic carbocycles. The normalized spacial score (nSPS) is 14.4. The topological polar surface area (TPSA) is 108 Å². The first-order chi connectivity index (χ1) is 8.61. The second kappa shape index (κ2) is 4.81. The molecule has 0 unspecified atom stereocenters. The van der Waals surface area contributed by atoms with Gasteiger partial charge in [-0.25, -0.2) is 0 Å². The van der Waals surface area contributed by atoms with Gasteiger partial charge in [-0.15, -0.1) is 0 Å². The van der Waals surface area contributed by atoms with Crippen LogP contribution >= 0.6 is 0 Å². The fourth-order valence-corrected chi connectivity index (χ4v) is 1.57. The number of nitro groups is 1. The van der Waals surface area contributed by atoms with Crippen LogP contribution in [0.2, 0.25) is 0 Å². The minimum Gasteiger partial charge on any atom is -0.320 e. The van der Waals surface area contributed by atoms with Crippen molar-refractivity contribution < 1.29 is 9.72 Å². The Morgan fingerprint density at radius 2 is 2.28 bits per heavy atom. The molecular weight excluding hydrogens is 236 g/mol. The SMILES string of the molecule is N#Cc1ccc(NC(=O)C2CNC2)c([N+](=O)[O-])c1. The van der Waals surface area contributed by atoms with Crippen LogP contribution in [0.1, 0.15) is 5.56 Å². The van der Waals surface area contributed by atoms with Crippen molar-refractivity contribution in [3.8, 4) is 6.07 Å². The van der Waals surface area contributed by atoms with Gasteiger partial charge in [0.2, 0.25) is 5.91 Å². The largest absolute Gasteiger partial charge is 0.320 e. The number of nitriles is 1. The maximum atomic E-state index is 11.7. The average Bonchev–Trinajstić information content (AvgIpc) is 2.26. The first kappa shape index (κ1) is 12.0. The van der Waals surface area contributed by atoms with Gasteiger partial charge in [0.1, 0.15) is 5.69 Å². The maximum absolute atomic E-state index is 11.7. The average molecular weight is 246 g/mol. The number of carbonyl (C=O) groups excluding carboxylic acids is 1. The van der Waals surface area contributed by atoms with Gasteiger partial charge in [-0.1, -0.05) is 0 Å². The lowest BCUT2D eigenvalue weighted by molar-refractivity contribution is -0.384. The highest BCUT2D eigenvalue weighted by atomic mass is 16.6. The summed E-state index contributed by atoms with van der Waals surface area (Å²) in [4.78, 5) is 21.9. The van der Waals surface area contributed by atoms with E-state index in [4.69, 9.17) is 5.26 Å². The molecule has 1 saturated heterocycles. The summed E-state index contributed by atoms with van der Waals surface area (Å²) in [6.07, 6.45) is 0. The lowest BCUT2D eigenvalue weighted by Crippen LogP contribution is -2.48. The quantitative estimate of drug-likeness (QED) is 0.600. The second-order valence-corrected chi connectivity index (χ2v) is 3.95. The van der Waals surface area contributed by atoms with E-state index >= 15 is 0 Å². The molecule has 1 aliphatic rings. The van der Waals surface area contributed by atoms with Gasteiger partial charge in [0, 0.05) is 19.2 Å². The fourth-order valence-electron chi connectivity index (χ4n) is 1.57. The molecule has 1 aromatic rings. The van der Waals surface area contributed by atoms with Gasteiger partial charge in [-0.05, 0) is 12.1 Å². The number of rotatable bonds is 3. The summed E-state index contributed by atoms with van der Waals surface area (Å²) in [7, 11) is 0. The molecule has 0 atom stereocenters. The van der Waals surface area contributed by atoms with Crippen LogP contribution < -0.4 is 10.6 Å². The zero-order chi connectivity index (χ0) is 13.1. The van der Waals surface area contributed by atoms with Gasteiger partial charge < -0.3 is 10.6 Å². The third-order valence-electron chi connectivity index (χ3n) is 2.73. The van der Waals surface area contributed by atoms with Gasteiger partial charge in [-0.3, -0.25) is 14.9 Å². The van der Waals surface area contributed by atoms with E-state index in [9.17, 15) is 14.9 Å². The number of nitrogens with zero attached hydrogens (tertiary/aromatic N) is 2. The van der Waals surface area contributed by atoms with Crippen molar-refractivity contribution in [2.45, 2.75) is 0 Å². The van der Waals surface area contributed by atoms with Gasteiger partial charge >= 0.3 is 0 Å². The Balaban J connectivity index is 2.23. The van der Waals surface area contributed by atoms with E-state index in [2.05, 4.69) is 10.6 Å². The van der Waals surface area contributed by atoms with Crippen LogP contribution in [0.25, 0.3) is 0 Å². The molecule has 92 valence electrons. The Bertz CT molecular complexity index is 546. The number of nitrogens with one attached hydrogen (secondary N) is 2. The number of carbonyl (C=O) groups is 1. The number of hydrogen-bond donors (Lipinski definition) is 2. The first-order valence-corrected chi connectivity index (χ1v) is 5.32. The van der Waals surface area contributed by atoms with Crippen LogP contribution in [-0.4, -0.2) is 23.9 Å². The Kier molecular flexibility index (Phi) is 3.21. The van der Waals surface area contributed by atoms with Crippen LogP contribution in [0.15, 0.2) is 18.2 Å². The zero-order valence-corrected chi connectivity index (χ0v) is 9.34. The minimum atomic E-state index is -0.616. The molecule has 0 spiro atoms. The minimum absolute atomic E-state index is 0.121. The Morgan fingerprint density at radius 1 is 1.56 bits per heavy atom. The zero-order valence-electron chi connectivity index (χ0n) is 9.34. The highest BCUT2D eigenvalue weighted by Crippen LogP contribution is 2.26. The summed E-state index contributed by atoms with van der Waals surface area (Å²) >= 11 is 0. The number of nitro benzene ring substituents is 1. The van der Waals surface area contributed by atoms with Crippen LogP contribution in [0.5, 0.6) is 0 Å². The highest BCUT2D eigenvalue weighted by molar-refractivity contribution is 5.95. The predicted octanol–water partition coefficient (Wildman–Crippen LogP) is 0.624. The molecule has 7 heteroatoms. The van der Waals surface area contributed by atoms with E-state index in [1.807, 2.05) is 6.07 Å². The Hall–Kier alpha value is -2.46. The summed E-state index contributed by atoms with van der Waals surface area (Å²) in [5.74, 6) is -0.401. The third-order valence-corrected chi connectivity index (χ3v) is 2.73. The number of hydrogen-bond acceptors (Lipinski definition) is 5.